The van der Waals surface area contributed by atoms with Crippen LogP contribution in [0, 0.1) is 33.6 Å². The molecule has 1 aliphatic heterocycles. The third-order valence-electron chi connectivity index (χ3n) is 5.89. The second-order valence-electron chi connectivity index (χ2n) is 10.0. The Balaban J connectivity index is 1.81. The van der Waals surface area contributed by atoms with E-state index in [2.05, 4.69) is 22.6 Å². The Morgan fingerprint density at radius 3 is 2.21 bits per heavy atom. The molecule has 0 bridgehead atoms. The number of nitrogens with one attached hydrogen (secondary N) is 1. The fourth-order valence-electron chi connectivity index (χ4n) is 4.37. The number of aryl methyl sites for hydroxylation is 4. The Morgan fingerprint density at radius 2 is 1.67 bits per heavy atom. The highest BCUT2D eigenvalue weighted by atomic mass is 32.2. The van der Waals surface area contributed by atoms with Crippen molar-refractivity contribution in [2.75, 3.05) is 13.1 Å². The summed E-state index contributed by atoms with van der Waals surface area (Å²) in [6.45, 7) is 14.1. The Morgan fingerprint density at radius 1 is 1.09 bits per heavy atom. The van der Waals surface area contributed by atoms with Gasteiger partial charge in [0.15, 0.2) is 10.7 Å². The average Bonchev–Trinajstić information content (AvgIpc) is 3.07. The van der Waals surface area contributed by atoms with E-state index in [0.29, 0.717) is 18.5 Å². The molecule has 1 amide bonds. The molecule has 1 saturated heterocycles. The Labute approximate surface area is 197 Å². The number of amides is 1. The number of piperidine rings is 1. The predicted octanol–water partition coefficient (Wildman–Crippen LogP) is 4.39. The molecule has 1 N–H and O–H groups in total. The molecule has 2 heterocycles. The topological polar surface area (TPSA) is 92.5 Å². The molecule has 2 aromatic rings. The first-order valence-corrected chi connectivity index (χ1v) is 12.8. The molecule has 180 valence electrons. The van der Waals surface area contributed by atoms with E-state index in [9.17, 15) is 13.2 Å². The van der Waals surface area contributed by atoms with E-state index < -0.39 is 10.0 Å². The van der Waals surface area contributed by atoms with Gasteiger partial charge in [-0.05, 0) is 84.1 Å². The largest absolute Gasteiger partial charge is 0.355 e. The molecule has 3 rings (SSSR count). The van der Waals surface area contributed by atoms with E-state index in [0.717, 1.165) is 16.7 Å². The molecule has 1 aromatic carbocycles. The van der Waals surface area contributed by atoms with E-state index >= 15 is 0 Å². The molecule has 1 aliphatic rings. The van der Waals surface area contributed by atoms with Crippen LogP contribution in [0.25, 0.3) is 12.2 Å². The molecule has 0 saturated carbocycles. The van der Waals surface area contributed by atoms with Crippen LogP contribution in [0.15, 0.2) is 21.6 Å². The smallest absolute Gasteiger partial charge is 0.248 e. The molecule has 0 atom stereocenters. The zero-order valence-corrected chi connectivity index (χ0v) is 21.5. The van der Waals surface area contributed by atoms with Crippen LogP contribution >= 0.6 is 0 Å². The predicted molar refractivity (Wildman–Crippen MR) is 130 cm³/mol. The number of sulfonamides is 1. The number of nitrogens with zero attached hydrogens (tertiary/aromatic N) is 2. The Kier molecular flexibility index (Phi) is 7.19. The summed E-state index contributed by atoms with van der Waals surface area (Å²) in [6.07, 6.45) is 4.53. The lowest BCUT2D eigenvalue weighted by atomic mass is 9.96. The van der Waals surface area contributed by atoms with Gasteiger partial charge in [-0.3, -0.25) is 4.79 Å². The van der Waals surface area contributed by atoms with Crippen LogP contribution in [0.4, 0.5) is 0 Å². The van der Waals surface area contributed by atoms with Crippen molar-refractivity contribution in [1.82, 2.24) is 14.8 Å². The molecule has 1 fully saturated rings. The maximum Gasteiger partial charge on any atom is 0.248 e. The van der Waals surface area contributed by atoms with Crippen LogP contribution in [0.1, 0.15) is 67.3 Å². The first kappa shape index (κ1) is 25.2. The molecular weight excluding hydrogens is 438 g/mol. The summed E-state index contributed by atoms with van der Waals surface area (Å²) in [6, 6.07) is 4.19. The van der Waals surface area contributed by atoms with Gasteiger partial charge in [-0.15, -0.1) is 0 Å². The van der Waals surface area contributed by atoms with Crippen molar-refractivity contribution >= 4 is 28.1 Å². The van der Waals surface area contributed by atoms with E-state index in [1.165, 1.54) is 9.87 Å². The van der Waals surface area contributed by atoms with E-state index in [1.54, 1.807) is 13.0 Å². The minimum Gasteiger partial charge on any atom is -0.355 e. The van der Waals surface area contributed by atoms with Crippen molar-refractivity contribution in [2.45, 2.75) is 71.7 Å². The maximum absolute atomic E-state index is 13.5. The van der Waals surface area contributed by atoms with Crippen LogP contribution in [-0.4, -0.2) is 42.4 Å². The van der Waals surface area contributed by atoms with Crippen LogP contribution in [0.3, 0.4) is 0 Å². The van der Waals surface area contributed by atoms with Gasteiger partial charge in [-0.2, -0.15) is 4.31 Å². The number of carbonyl (C=O) groups excluding carboxylic acids is 1. The van der Waals surface area contributed by atoms with Crippen molar-refractivity contribution in [3.8, 4) is 0 Å². The van der Waals surface area contributed by atoms with Crippen molar-refractivity contribution in [3.05, 3.63) is 45.8 Å². The molecule has 1 aromatic heterocycles. The number of carbonyl (C=O) groups is 1. The van der Waals surface area contributed by atoms with E-state index in [4.69, 9.17) is 4.52 Å². The summed E-state index contributed by atoms with van der Waals surface area (Å²) < 4.78 is 33.8. The Hall–Kier alpha value is -2.45. The first-order chi connectivity index (χ1) is 15.3. The SMILES string of the molecule is Cc1cc(C)c(/C=C/c2onc(C)c2S(=O)(=O)N2CCC(C(=O)NC(C)(C)C)CC2)c(C)c1. The third kappa shape index (κ3) is 5.73. The second kappa shape index (κ2) is 9.43. The van der Waals surface area contributed by atoms with Gasteiger partial charge in [0.1, 0.15) is 5.69 Å². The Bertz CT molecular complexity index is 1140. The lowest BCUT2D eigenvalue weighted by Crippen LogP contribution is -2.47. The summed E-state index contributed by atoms with van der Waals surface area (Å²) in [4.78, 5) is 12.6. The van der Waals surface area contributed by atoms with Crippen molar-refractivity contribution in [1.29, 1.82) is 0 Å². The number of aromatic nitrogens is 1. The van der Waals surface area contributed by atoms with Crippen molar-refractivity contribution in [3.63, 3.8) is 0 Å². The van der Waals surface area contributed by atoms with Gasteiger partial charge in [0.2, 0.25) is 15.9 Å². The van der Waals surface area contributed by atoms with Crippen LogP contribution in [-0.2, 0) is 14.8 Å². The number of hydrogen-bond donors (Lipinski definition) is 1. The minimum absolute atomic E-state index is 0.0202. The fraction of sp³-hybridized carbons (Fsp3) is 0.520. The standard InChI is InChI=1S/C25H35N3O4S/c1-16-14-17(2)21(18(3)15-16)8-9-22-23(19(4)27-32-22)33(30,31)28-12-10-20(11-13-28)24(29)26-25(5,6)7/h8-9,14-15,20H,10-13H2,1-7H3,(H,26,29)/b9-8+. The highest BCUT2D eigenvalue weighted by Crippen LogP contribution is 2.30. The van der Waals surface area contributed by atoms with E-state index in [1.807, 2.05) is 47.6 Å². The van der Waals surface area contributed by atoms with Crippen LogP contribution < -0.4 is 5.32 Å². The number of benzene rings is 1. The molecular formula is C25H35N3O4S. The monoisotopic (exact) mass is 473 g/mol. The summed E-state index contributed by atoms with van der Waals surface area (Å²) >= 11 is 0. The highest BCUT2D eigenvalue weighted by Gasteiger charge is 2.36. The van der Waals surface area contributed by atoms with Gasteiger partial charge in [0.05, 0.1) is 0 Å². The molecule has 0 unspecified atom stereocenters. The van der Waals surface area contributed by atoms with E-state index in [-0.39, 0.29) is 41.1 Å². The van der Waals surface area contributed by atoms with Gasteiger partial charge >= 0.3 is 0 Å². The third-order valence-corrected chi connectivity index (χ3v) is 7.95. The summed E-state index contributed by atoms with van der Waals surface area (Å²) in [5.74, 6) is 0.0127. The van der Waals surface area contributed by atoms with Crippen LogP contribution in [0.5, 0.6) is 0 Å². The number of rotatable bonds is 5. The molecule has 0 aliphatic carbocycles. The fourth-order valence-corrected chi connectivity index (χ4v) is 6.09. The maximum atomic E-state index is 13.5. The average molecular weight is 474 g/mol. The molecule has 0 radical (unpaired) electrons. The van der Waals surface area contributed by atoms with Gasteiger partial charge in [0, 0.05) is 24.5 Å². The van der Waals surface area contributed by atoms with Crippen molar-refractivity contribution in [2.24, 2.45) is 5.92 Å². The minimum atomic E-state index is -3.80. The normalized spacial score (nSPS) is 16.5. The van der Waals surface area contributed by atoms with Crippen molar-refractivity contribution < 1.29 is 17.7 Å². The molecule has 33 heavy (non-hydrogen) atoms. The summed E-state index contributed by atoms with van der Waals surface area (Å²) in [5, 5.41) is 6.93. The highest BCUT2D eigenvalue weighted by molar-refractivity contribution is 7.89. The quantitative estimate of drug-likeness (QED) is 0.695. The number of hydrogen-bond acceptors (Lipinski definition) is 5. The van der Waals surface area contributed by atoms with Gasteiger partial charge in [0.25, 0.3) is 0 Å². The summed E-state index contributed by atoms with van der Waals surface area (Å²) in [7, 11) is -3.80. The van der Waals surface area contributed by atoms with Crippen LogP contribution in [0.2, 0.25) is 0 Å². The van der Waals surface area contributed by atoms with Gasteiger partial charge in [-0.1, -0.05) is 28.9 Å². The molecule has 0 spiro atoms. The zero-order chi connectivity index (χ0) is 24.6. The van der Waals surface area contributed by atoms with Gasteiger partial charge in [-0.25, -0.2) is 8.42 Å². The summed E-state index contributed by atoms with van der Waals surface area (Å²) in [5.41, 5.74) is 4.46. The zero-order valence-electron chi connectivity index (χ0n) is 20.7. The van der Waals surface area contributed by atoms with Gasteiger partial charge < -0.3 is 9.84 Å². The molecule has 8 heteroatoms. The first-order valence-electron chi connectivity index (χ1n) is 11.3. The molecule has 7 nitrogen and oxygen atoms in total. The second-order valence-corrected chi connectivity index (χ2v) is 11.9. The lowest BCUT2D eigenvalue weighted by Gasteiger charge is -2.32. The lowest BCUT2D eigenvalue weighted by molar-refractivity contribution is -0.127.